The molecule has 3 atom stereocenters. The lowest BCUT2D eigenvalue weighted by atomic mass is 10.1. The number of nitrogens with zero attached hydrogens (tertiary/aromatic N) is 3. The van der Waals surface area contributed by atoms with Crippen molar-refractivity contribution < 1.29 is 28.9 Å². The molecule has 0 aliphatic carbocycles. The van der Waals surface area contributed by atoms with Crippen molar-refractivity contribution in [3.05, 3.63) is 36.4 Å². The number of aliphatic hydroxyl groups excluding tert-OH is 1. The van der Waals surface area contributed by atoms with E-state index in [9.17, 15) is 4.39 Å². The van der Waals surface area contributed by atoms with Gasteiger partial charge in [0.2, 0.25) is 0 Å². The van der Waals surface area contributed by atoms with Gasteiger partial charge < -0.3 is 24.3 Å². The van der Waals surface area contributed by atoms with Crippen molar-refractivity contribution in [2.75, 3.05) is 33.4 Å². The van der Waals surface area contributed by atoms with Crippen LogP contribution in [0, 0.1) is 5.82 Å². The van der Waals surface area contributed by atoms with Crippen LogP contribution in [0.3, 0.4) is 0 Å². The molecule has 0 unspecified atom stereocenters. The number of morpholine rings is 1. The van der Waals surface area contributed by atoms with Crippen molar-refractivity contribution in [1.29, 1.82) is 0 Å². The summed E-state index contributed by atoms with van der Waals surface area (Å²) in [7, 11) is 1.52. The van der Waals surface area contributed by atoms with Gasteiger partial charge in [-0.05, 0) is 25.0 Å². The minimum Gasteiger partial charge on any atom is -0.497 e. The largest absolute Gasteiger partial charge is 0.497 e. The lowest BCUT2D eigenvalue weighted by Crippen LogP contribution is -2.46. The fraction of sp³-hybridized carbons (Fsp3) is 0.500. The smallest absolute Gasteiger partial charge is 0.290 e. The lowest BCUT2D eigenvalue weighted by Gasteiger charge is -2.34. The average Bonchev–Trinajstić information content (AvgIpc) is 3.35. The van der Waals surface area contributed by atoms with Crippen molar-refractivity contribution in [3.8, 4) is 17.1 Å². The van der Waals surface area contributed by atoms with Gasteiger partial charge in [0.05, 0.1) is 25.4 Å². The second-order valence-corrected chi connectivity index (χ2v) is 7.07. The number of methoxy groups -OCH3 is 1. The van der Waals surface area contributed by atoms with Gasteiger partial charge in [0.1, 0.15) is 17.4 Å². The van der Waals surface area contributed by atoms with Crippen molar-refractivity contribution >= 4 is 6.47 Å². The Bertz CT molecular complexity index is 815. The Hall–Kier alpha value is -2.49. The number of aliphatic hydroxyl groups is 1. The number of hydrogen-bond acceptors (Lipinski definition) is 6. The highest BCUT2D eigenvalue weighted by atomic mass is 19.1. The van der Waals surface area contributed by atoms with Crippen LogP contribution < -0.4 is 4.74 Å². The number of benzene rings is 1. The summed E-state index contributed by atoms with van der Waals surface area (Å²) in [5, 5.41) is 16.0. The molecule has 0 radical (unpaired) electrons. The maximum atomic E-state index is 14.5. The average molecular weight is 407 g/mol. The Morgan fingerprint density at radius 3 is 2.86 bits per heavy atom. The molecule has 0 amide bonds. The molecule has 4 rings (SSSR count). The molecule has 1 aromatic heterocycles. The molecule has 0 saturated carbocycles. The third-order valence-electron chi connectivity index (χ3n) is 5.40. The van der Waals surface area contributed by atoms with E-state index in [-0.39, 0.29) is 31.0 Å². The van der Waals surface area contributed by atoms with Crippen LogP contribution in [0.5, 0.6) is 5.75 Å². The molecular weight excluding hydrogens is 381 g/mol. The van der Waals surface area contributed by atoms with Crippen LogP contribution >= 0.6 is 0 Å². The quantitative estimate of drug-likeness (QED) is 0.730. The zero-order chi connectivity index (χ0) is 20.8. The van der Waals surface area contributed by atoms with Crippen LogP contribution in [0.15, 0.2) is 30.6 Å². The fourth-order valence-corrected chi connectivity index (χ4v) is 4.06. The highest BCUT2D eigenvalue weighted by Crippen LogP contribution is 2.34. The Labute approximate surface area is 168 Å². The van der Waals surface area contributed by atoms with Crippen LogP contribution in [0.2, 0.25) is 0 Å². The Balaban J connectivity index is 0.000000755. The second kappa shape index (κ2) is 9.82. The predicted molar refractivity (Wildman–Crippen MR) is 103 cm³/mol. The van der Waals surface area contributed by atoms with E-state index in [4.69, 9.17) is 24.5 Å². The van der Waals surface area contributed by atoms with Crippen molar-refractivity contribution in [1.82, 2.24) is 14.5 Å². The molecule has 29 heavy (non-hydrogen) atoms. The third kappa shape index (κ3) is 4.75. The number of fused-ring (bicyclic) bond motifs is 1. The highest BCUT2D eigenvalue weighted by molar-refractivity contribution is 5.58. The third-order valence-corrected chi connectivity index (χ3v) is 5.40. The molecule has 0 spiro atoms. The van der Waals surface area contributed by atoms with Crippen LogP contribution in [-0.4, -0.2) is 76.7 Å². The molecule has 8 nitrogen and oxygen atoms in total. The van der Waals surface area contributed by atoms with Gasteiger partial charge in [-0.1, -0.05) is 0 Å². The van der Waals surface area contributed by atoms with Gasteiger partial charge in [-0.15, -0.1) is 0 Å². The molecule has 2 aliphatic rings. The number of carboxylic acid groups (broad SMARTS) is 1. The SMILES string of the molecule is COc1ccc(-c2nccn2[C@@H]2C[C@H]3CO[C@@H](CCO)CN3C2)c(F)c1.O=CO. The zero-order valence-corrected chi connectivity index (χ0v) is 16.3. The summed E-state index contributed by atoms with van der Waals surface area (Å²) in [6.07, 6.45) is 5.36. The van der Waals surface area contributed by atoms with Gasteiger partial charge in [-0.25, -0.2) is 9.37 Å². The number of ether oxygens (including phenoxy) is 2. The van der Waals surface area contributed by atoms with E-state index in [1.54, 1.807) is 18.3 Å². The highest BCUT2D eigenvalue weighted by Gasteiger charge is 2.38. The maximum absolute atomic E-state index is 14.5. The second-order valence-electron chi connectivity index (χ2n) is 7.07. The van der Waals surface area contributed by atoms with E-state index in [2.05, 4.69) is 14.5 Å². The summed E-state index contributed by atoms with van der Waals surface area (Å²) in [5.41, 5.74) is 0.482. The molecule has 2 N–H and O–H groups in total. The minimum absolute atomic E-state index is 0.0938. The summed E-state index contributed by atoms with van der Waals surface area (Å²) in [4.78, 5) is 15.2. The first-order valence-corrected chi connectivity index (χ1v) is 9.52. The maximum Gasteiger partial charge on any atom is 0.290 e. The van der Waals surface area contributed by atoms with E-state index in [1.807, 2.05) is 6.20 Å². The normalized spacial score (nSPS) is 23.8. The number of hydrogen-bond donors (Lipinski definition) is 2. The molecule has 0 bridgehead atoms. The number of halogens is 1. The molecule has 2 saturated heterocycles. The van der Waals surface area contributed by atoms with Crippen LogP contribution in [-0.2, 0) is 9.53 Å². The molecule has 2 aromatic rings. The molecule has 9 heteroatoms. The minimum atomic E-state index is -0.334. The standard InChI is InChI=1S/C19H24FN3O3.CH2O2/c1-25-15-2-3-17(18(20)9-15)19-21-5-6-23(19)13-8-14-12-26-16(4-7-24)11-22(14)10-13;2-1-3/h2-3,5-6,9,13-14,16,24H,4,7-8,10-12H2,1H3;1H,(H,2,3)/t13-,14+,16+;/m1./s1. The monoisotopic (exact) mass is 407 g/mol. The predicted octanol–water partition coefficient (Wildman–Crippen LogP) is 1.80. The molecule has 2 fully saturated rings. The van der Waals surface area contributed by atoms with Crippen molar-refractivity contribution in [2.24, 2.45) is 0 Å². The Kier molecular flexibility index (Phi) is 7.18. The van der Waals surface area contributed by atoms with Crippen LogP contribution in [0.4, 0.5) is 4.39 Å². The first kappa shape index (κ1) is 21.2. The summed E-state index contributed by atoms with van der Waals surface area (Å²) in [5.74, 6) is 0.802. The number of carbonyl (C=O) groups is 1. The number of rotatable bonds is 5. The van der Waals surface area contributed by atoms with Crippen LogP contribution in [0.25, 0.3) is 11.4 Å². The van der Waals surface area contributed by atoms with Crippen molar-refractivity contribution in [2.45, 2.75) is 31.0 Å². The van der Waals surface area contributed by atoms with E-state index in [0.29, 0.717) is 36.2 Å². The summed E-state index contributed by atoms with van der Waals surface area (Å²) < 4.78 is 27.5. The zero-order valence-electron chi connectivity index (χ0n) is 16.3. The Morgan fingerprint density at radius 2 is 2.17 bits per heavy atom. The van der Waals surface area contributed by atoms with Gasteiger partial charge in [0.25, 0.3) is 6.47 Å². The number of imidazole rings is 1. The number of aromatic nitrogens is 2. The van der Waals surface area contributed by atoms with Crippen molar-refractivity contribution in [3.63, 3.8) is 0 Å². The van der Waals surface area contributed by atoms with Gasteiger partial charge in [-0.2, -0.15) is 0 Å². The fourth-order valence-electron chi connectivity index (χ4n) is 4.06. The van der Waals surface area contributed by atoms with E-state index in [1.165, 1.54) is 13.2 Å². The van der Waals surface area contributed by atoms with E-state index < -0.39 is 0 Å². The summed E-state index contributed by atoms with van der Waals surface area (Å²) in [6, 6.07) is 5.46. The summed E-state index contributed by atoms with van der Waals surface area (Å²) in [6.45, 7) is 2.30. The summed E-state index contributed by atoms with van der Waals surface area (Å²) >= 11 is 0. The topological polar surface area (TPSA) is 97.1 Å². The molecule has 158 valence electrons. The van der Waals surface area contributed by atoms with Gasteiger partial charge >= 0.3 is 0 Å². The van der Waals surface area contributed by atoms with E-state index in [0.717, 1.165) is 19.5 Å². The lowest BCUT2D eigenvalue weighted by molar-refractivity contribution is -0.122. The first-order chi connectivity index (χ1) is 14.1. The van der Waals surface area contributed by atoms with E-state index >= 15 is 0 Å². The Morgan fingerprint density at radius 1 is 1.38 bits per heavy atom. The molecular formula is C20H26FN3O5. The molecule has 1 aromatic carbocycles. The molecule has 2 aliphatic heterocycles. The first-order valence-electron chi connectivity index (χ1n) is 9.52. The van der Waals surface area contributed by atoms with Gasteiger partial charge in [0.15, 0.2) is 0 Å². The van der Waals surface area contributed by atoms with Gasteiger partial charge in [-0.3, -0.25) is 9.69 Å². The van der Waals surface area contributed by atoms with Gasteiger partial charge in [0, 0.05) is 50.2 Å². The van der Waals surface area contributed by atoms with Crippen LogP contribution in [0.1, 0.15) is 18.9 Å². The molecule has 3 heterocycles.